The average molecular weight is 279 g/mol. The number of nitrogens with zero attached hydrogens (tertiary/aromatic N) is 1. The second-order valence-electron chi connectivity index (χ2n) is 3.23. The lowest BCUT2D eigenvalue weighted by Crippen LogP contribution is -2.17. The van der Waals surface area contributed by atoms with Crippen molar-refractivity contribution in [2.24, 2.45) is 0 Å². The number of benzene rings is 1. The fourth-order valence-electron chi connectivity index (χ4n) is 1.01. The lowest BCUT2D eigenvalue weighted by molar-refractivity contribution is -0.575. The maximum absolute atomic E-state index is 10.9. The van der Waals surface area contributed by atoms with Gasteiger partial charge in [0.15, 0.2) is 0 Å². The van der Waals surface area contributed by atoms with Crippen LogP contribution in [0.15, 0.2) is 55.6 Å². The molecule has 0 aliphatic heterocycles. The first-order chi connectivity index (χ1) is 9.42. The highest BCUT2D eigenvalue weighted by atomic mass is 16.7. The molecule has 1 rings (SSSR count). The van der Waals surface area contributed by atoms with Crippen LogP contribution >= 0.6 is 0 Å². The predicted molar refractivity (Wildman–Crippen MR) is 70.3 cm³/mol. The van der Waals surface area contributed by atoms with Crippen LogP contribution in [0.4, 0.5) is 0 Å². The van der Waals surface area contributed by atoms with Crippen LogP contribution in [0.2, 0.25) is 0 Å². The maximum atomic E-state index is 10.9. The van der Waals surface area contributed by atoms with E-state index in [-0.39, 0.29) is 0 Å². The number of nitro groups is 1. The van der Waals surface area contributed by atoms with Gasteiger partial charge >= 0.3 is 18.2 Å². The fraction of sp³-hybridized carbons (Fsp3) is 0.0769. The molecule has 0 aliphatic carbocycles. The van der Waals surface area contributed by atoms with Crippen molar-refractivity contribution in [2.75, 3.05) is 0 Å². The Bertz CT molecular complexity index is 497. The van der Waals surface area contributed by atoms with Gasteiger partial charge in [0, 0.05) is 12.2 Å². The van der Waals surface area contributed by atoms with Crippen LogP contribution in [0.1, 0.15) is 11.8 Å². The number of carbonyl (C=O) groups excluding carboxylic acids is 1. The molecule has 0 aromatic heterocycles. The largest absolute Gasteiger partial charge is 0.478 e. The van der Waals surface area contributed by atoms with E-state index in [2.05, 4.69) is 17.9 Å². The van der Waals surface area contributed by atoms with Gasteiger partial charge in [-0.15, -0.1) is 0 Å². The topological polar surface area (TPSA) is 107 Å². The van der Waals surface area contributed by atoms with Gasteiger partial charge in [-0.25, -0.2) is 9.59 Å². The highest BCUT2D eigenvalue weighted by Crippen LogP contribution is 2.17. The number of carboxylic acid groups (broad SMARTS) is 1. The summed E-state index contributed by atoms with van der Waals surface area (Å²) in [5.41, 5.74) is 0.317. The summed E-state index contributed by atoms with van der Waals surface area (Å²) in [6, 6.07) is 8.02. The van der Waals surface area contributed by atoms with Crippen LogP contribution in [0.5, 0.6) is 0 Å². The average Bonchev–Trinajstić information content (AvgIpc) is 2.45. The standard InChI is InChI=1S/C10H9NO4.C3H4O2/c1-2-9(12)15-10(11(13)14)8-6-4-3-5-7-8;1-2-3(4)5/h2-7,10H,1H2;2H,1H2,(H,4,5). The second-order valence-corrected chi connectivity index (χ2v) is 3.23. The zero-order chi connectivity index (χ0) is 15.5. The van der Waals surface area contributed by atoms with E-state index in [1.807, 2.05) is 0 Å². The first kappa shape index (κ1) is 17.0. The number of hydrogen-bond donors (Lipinski definition) is 1. The third kappa shape index (κ3) is 6.70. The van der Waals surface area contributed by atoms with Gasteiger partial charge < -0.3 is 9.84 Å². The maximum Gasteiger partial charge on any atom is 0.383 e. The van der Waals surface area contributed by atoms with Crippen molar-refractivity contribution < 1.29 is 24.4 Å². The van der Waals surface area contributed by atoms with E-state index in [0.717, 1.165) is 12.2 Å². The summed E-state index contributed by atoms with van der Waals surface area (Å²) < 4.78 is 4.59. The number of aliphatic carboxylic acids is 1. The van der Waals surface area contributed by atoms with E-state index >= 15 is 0 Å². The normalized spacial score (nSPS) is 10.2. The molecule has 1 atom stereocenters. The van der Waals surface area contributed by atoms with Crippen molar-refractivity contribution in [2.45, 2.75) is 6.23 Å². The number of esters is 1. The van der Waals surface area contributed by atoms with E-state index in [4.69, 9.17) is 5.11 Å². The van der Waals surface area contributed by atoms with Crippen molar-refractivity contribution in [3.05, 3.63) is 71.3 Å². The van der Waals surface area contributed by atoms with E-state index in [1.165, 1.54) is 12.1 Å². The molecule has 7 nitrogen and oxygen atoms in total. The SMILES string of the molecule is C=CC(=O)O.C=CC(=O)OC(c1ccccc1)[N+](=O)[O-]. The van der Waals surface area contributed by atoms with Crippen LogP contribution in [0.3, 0.4) is 0 Å². The Hall–Kier alpha value is -2.96. The molecule has 0 aliphatic rings. The molecule has 0 heterocycles. The van der Waals surface area contributed by atoms with E-state index in [0.29, 0.717) is 5.56 Å². The fourth-order valence-corrected chi connectivity index (χ4v) is 1.01. The highest BCUT2D eigenvalue weighted by molar-refractivity contribution is 5.81. The second kappa shape index (κ2) is 9.03. The molecule has 7 heteroatoms. The summed E-state index contributed by atoms with van der Waals surface area (Å²) in [6.45, 7) is 6.13. The van der Waals surface area contributed by atoms with Gasteiger partial charge in [-0.3, -0.25) is 10.1 Å². The van der Waals surface area contributed by atoms with Crippen LogP contribution in [0.25, 0.3) is 0 Å². The molecule has 0 spiro atoms. The highest BCUT2D eigenvalue weighted by Gasteiger charge is 2.25. The quantitative estimate of drug-likeness (QED) is 0.290. The predicted octanol–water partition coefficient (Wildman–Crippen LogP) is 1.95. The summed E-state index contributed by atoms with van der Waals surface area (Å²) in [7, 11) is 0. The van der Waals surface area contributed by atoms with Gasteiger partial charge in [0.25, 0.3) is 0 Å². The molecule has 1 unspecified atom stereocenters. The van der Waals surface area contributed by atoms with Gasteiger partial charge in [0.2, 0.25) is 0 Å². The molecule has 0 bridgehead atoms. The monoisotopic (exact) mass is 279 g/mol. The lowest BCUT2D eigenvalue weighted by Gasteiger charge is -2.08. The van der Waals surface area contributed by atoms with Crippen LogP contribution in [-0.4, -0.2) is 22.0 Å². The van der Waals surface area contributed by atoms with Gasteiger partial charge in [0.05, 0.1) is 10.5 Å². The number of carboxylic acids is 1. The zero-order valence-electron chi connectivity index (χ0n) is 10.5. The number of carbonyl (C=O) groups is 2. The lowest BCUT2D eigenvalue weighted by atomic mass is 10.2. The summed E-state index contributed by atoms with van der Waals surface area (Å²) in [5.74, 6) is -1.80. The molecule has 1 N–H and O–H groups in total. The molecular formula is C13H13NO6. The molecule has 106 valence electrons. The zero-order valence-corrected chi connectivity index (χ0v) is 10.5. The Balaban J connectivity index is 0.000000621. The molecule has 0 saturated carbocycles. The third-order valence-corrected chi connectivity index (χ3v) is 1.85. The Morgan fingerprint density at radius 3 is 2.10 bits per heavy atom. The van der Waals surface area contributed by atoms with E-state index in [1.54, 1.807) is 18.2 Å². The van der Waals surface area contributed by atoms with Crippen molar-refractivity contribution in [1.29, 1.82) is 0 Å². The summed E-state index contributed by atoms with van der Waals surface area (Å²) >= 11 is 0. The Morgan fingerprint density at radius 2 is 1.75 bits per heavy atom. The molecule has 1 aromatic carbocycles. The minimum atomic E-state index is -1.48. The smallest absolute Gasteiger partial charge is 0.383 e. The molecule has 0 amide bonds. The molecular weight excluding hydrogens is 266 g/mol. The summed E-state index contributed by atoms with van der Waals surface area (Å²) in [6.07, 6.45) is 0.246. The Morgan fingerprint density at radius 1 is 1.25 bits per heavy atom. The third-order valence-electron chi connectivity index (χ3n) is 1.85. The van der Waals surface area contributed by atoms with Gasteiger partial charge in [0.1, 0.15) is 0 Å². The van der Waals surface area contributed by atoms with E-state index in [9.17, 15) is 19.7 Å². The van der Waals surface area contributed by atoms with E-state index < -0.39 is 23.1 Å². The minimum Gasteiger partial charge on any atom is -0.478 e. The molecule has 0 saturated heterocycles. The Labute approximate surface area is 114 Å². The van der Waals surface area contributed by atoms with Crippen molar-refractivity contribution in [3.63, 3.8) is 0 Å². The minimum absolute atomic E-state index is 0.317. The van der Waals surface area contributed by atoms with Crippen molar-refractivity contribution in [1.82, 2.24) is 0 Å². The number of hydrogen-bond acceptors (Lipinski definition) is 5. The first-order valence-corrected chi connectivity index (χ1v) is 5.29. The molecule has 0 fully saturated rings. The van der Waals surface area contributed by atoms with Gasteiger partial charge in [-0.05, 0) is 12.1 Å². The van der Waals surface area contributed by atoms with Crippen LogP contribution < -0.4 is 0 Å². The molecule has 1 aromatic rings. The van der Waals surface area contributed by atoms with Gasteiger partial charge in [-0.1, -0.05) is 31.4 Å². The van der Waals surface area contributed by atoms with Gasteiger partial charge in [-0.2, -0.15) is 0 Å². The van der Waals surface area contributed by atoms with Crippen molar-refractivity contribution >= 4 is 11.9 Å². The van der Waals surface area contributed by atoms with Crippen LogP contribution in [0, 0.1) is 10.1 Å². The molecule has 0 radical (unpaired) electrons. The number of rotatable bonds is 5. The van der Waals surface area contributed by atoms with Crippen molar-refractivity contribution in [3.8, 4) is 0 Å². The summed E-state index contributed by atoms with van der Waals surface area (Å²) in [4.78, 5) is 30.1. The Kier molecular flexibility index (Phi) is 7.70. The number of ether oxygens (including phenoxy) is 1. The van der Waals surface area contributed by atoms with Crippen LogP contribution in [-0.2, 0) is 14.3 Å². The molecule has 20 heavy (non-hydrogen) atoms. The first-order valence-electron chi connectivity index (χ1n) is 5.29. The summed E-state index contributed by atoms with van der Waals surface area (Å²) in [5, 5.41) is 18.2.